The molecular weight excluding hydrogens is 323 g/mol. The Hall–Kier alpha value is -0.680. The smallest absolute Gasteiger partial charge is 0.197 e. The van der Waals surface area contributed by atoms with Crippen molar-refractivity contribution in [1.82, 2.24) is 10.6 Å². The van der Waals surface area contributed by atoms with Crippen LogP contribution < -0.4 is 10.6 Å². The van der Waals surface area contributed by atoms with Gasteiger partial charge in [-0.05, 0) is 18.8 Å². The normalized spacial score (nSPS) is 24.3. The zero-order chi connectivity index (χ0) is 16.9. The number of aliphatic hydroxyl groups excluding tert-OH is 1. The first-order valence-electron chi connectivity index (χ1n) is 7.43. The lowest BCUT2D eigenvalue weighted by Gasteiger charge is -2.32. The highest BCUT2D eigenvalue weighted by Gasteiger charge is 2.29. The van der Waals surface area contributed by atoms with E-state index < -0.39 is 5.62 Å². The van der Waals surface area contributed by atoms with Gasteiger partial charge >= 0.3 is 0 Å². The molecule has 1 aliphatic heterocycles. The molecule has 0 aliphatic carbocycles. The number of allylic oxidation sites excluding steroid dienone is 2. The molecule has 1 rings (SSSR count). The second-order valence-electron chi connectivity index (χ2n) is 5.97. The van der Waals surface area contributed by atoms with Gasteiger partial charge in [-0.25, -0.2) is 0 Å². The van der Waals surface area contributed by atoms with E-state index in [0.717, 1.165) is 11.1 Å². The molecule has 0 saturated heterocycles. The number of halogens is 2. The number of hydrogen-bond donors (Lipinski definition) is 3. The molecule has 3 unspecified atom stereocenters. The lowest BCUT2D eigenvalue weighted by Crippen LogP contribution is -2.49. The standard InChI is InChI=1S/C16H26Cl2N2O2/c1-9(2)13-14(17)19-16(18)20-15(13)22-12(5)7-10(3)6-11(4)8-21/h6,9-10,14,16,19-21H,5,7-8H2,1-4H3/b11-6+. The molecule has 1 aliphatic rings. The molecule has 0 spiro atoms. The number of alkyl halides is 2. The summed E-state index contributed by atoms with van der Waals surface area (Å²) in [6, 6.07) is 0. The maximum absolute atomic E-state index is 9.06. The van der Waals surface area contributed by atoms with Crippen molar-refractivity contribution >= 4 is 23.2 Å². The monoisotopic (exact) mass is 348 g/mol. The predicted molar refractivity (Wildman–Crippen MR) is 92.3 cm³/mol. The Bertz CT molecular complexity index is 461. The van der Waals surface area contributed by atoms with Gasteiger partial charge in [0.05, 0.1) is 12.4 Å². The van der Waals surface area contributed by atoms with Gasteiger partial charge in [0, 0.05) is 12.0 Å². The van der Waals surface area contributed by atoms with Crippen molar-refractivity contribution < 1.29 is 9.84 Å². The first-order chi connectivity index (χ1) is 10.2. The number of ether oxygens (including phenoxy) is 1. The van der Waals surface area contributed by atoms with Crippen LogP contribution in [-0.4, -0.2) is 22.8 Å². The Labute approximate surface area is 143 Å². The van der Waals surface area contributed by atoms with Crippen LogP contribution in [0.2, 0.25) is 0 Å². The molecule has 3 atom stereocenters. The number of aliphatic hydroxyl groups is 1. The van der Waals surface area contributed by atoms with E-state index in [-0.39, 0.29) is 23.9 Å². The second kappa shape index (κ2) is 8.82. The molecule has 0 aromatic rings. The quantitative estimate of drug-likeness (QED) is 0.284. The number of nitrogens with one attached hydrogen (secondary N) is 2. The molecule has 0 fully saturated rings. The van der Waals surface area contributed by atoms with Crippen molar-refractivity contribution in [3.8, 4) is 0 Å². The maximum Gasteiger partial charge on any atom is 0.197 e. The van der Waals surface area contributed by atoms with Gasteiger partial charge in [-0.2, -0.15) is 0 Å². The largest absolute Gasteiger partial charge is 0.446 e. The Morgan fingerprint density at radius 2 is 2.05 bits per heavy atom. The average Bonchev–Trinajstić information content (AvgIpc) is 2.36. The van der Waals surface area contributed by atoms with Gasteiger partial charge in [0.2, 0.25) is 0 Å². The summed E-state index contributed by atoms with van der Waals surface area (Å²) in [5, 5.41) is 15.1. The summed E-state index contributed by atoms with van der Waals surface area (Å²) in [7, 11) is 0. The first kappa shape index (κ1) is 19.4. The molecular formula is C16H26Cl2N2O2. The van der Waals surface area contributed by atoms with E-state index in [2.05, 4.69) is 24.1 Å². The summed E-state index contributed by atoms with van der Waals surface area (Å²) in [5.74, 6) is 1.64. The Kier molecular flexibility index (Phi) is 7.77. The molecule has 3 N–H and O–H groups in total. The Balaban J connectivity index is 2.77. The fourth-order valence-corrected chi connectivity index (χ4v) is 3.13. The summed E-state index contributed by atoms with van der Waals surface area (Å²) in [6.07, 6.45) is 2.66. The second-order valence-corrected chi connectivity index (χ2v) is 6.84. The van der Waals surface area contributed by atoms with Crippen LogP contribution >= 0.6 is 23.2 Å². The summed E-state index contributed by atoms with van der Waals surface area (Å²) in [6.45, 7) is 12.1. The molecule has 4 nitrogen and oxygen atoms in total. The minimum Gasteiger partial charge on any atom is -0.446 e. The van der Waals surface area contributed by atoms with Crippen LogP contribution in [0.3, 0.4) is 0 Å². The van der Waals surface area contributed by atoms with Crippen LogP contribution in [0.4, 0.5) is 0 Å². The van der Waals surface area contributed by atoms with E-state index >= 15 is 0 Å². The van der Waals surface area contributed by atoms with Crippen LogP contribution in [0.25, 0.3) is 0 Å². The van der Waals surface area contributed by atoms with E-state index in [1.165, 1.54) is 0 Å². The summed E-state index contributed by atoms with van der Waals surface area (Å²) in [4.78, 5) is 0. The van der Waals surface area contributed by atoms with Crippen LogP contribution in [0, 0.1) is 11.8 Å². The Morgan fingerprint density at radius 3 is 2.59 bits per heavy atom. The molecule has 0 radical (unpaired) electrons. The van der Waals surface area contributed by atoms with Gasteiger partial charge in [-0.15, -0.1) is 11.6 Å². The minimum absolute atomic E-state index is 0.0649. The van der Waals surface area contributed by atoms with Gasteiger partial charge in [0.25, 0.3) is 0 Å². The van der Waals surface area contributed by atoms with Crippen LogP contribution in [-0.2, 0) is 4.74 Å². The molecule has 126 valence electrons. The van der Waals surface area contributed by atoms with E-state index in [9.17, 15) is 0 Å². The predicted octanol–water partition coefficient (Wildman–Crippen LogP) is 3.63. The molecule has 0 saturated carbocycles. The van der Waals surface area contributed by atoms with Crippen LogP contribution in [0.5, 0.6) is 0 Å². The molecule has 0 aromatic carbocycles. The van der Waals surface area contributed by atoms with Crippen molar-refractivity contribution in [2.75, 3.05) is 6.61 Å². The van der Waals surface area contributed by atoms with E-state index in [0.29, 0.717) is 18.1 Å². The van der Waals surface area contributed by atoms with Gasteiger partial charge in [0.1, 0.15) is 5.50 Å². The number of rotatable bonds is 7. The third-order valence-corrected chi connectivity index (χ3v) is 3.92. The molecule has 0 amide bonds. The first-order valence-corrected chi connectivity index (χ1v) is 8.30. The van der Waals surface area contributed by atoms with Gasteiger partial charge in [-0.1, -0.05) is 50.6 Å². The van der Waals surface area contributed by atoms with Crippen molar-refractivity contribution in [3.63, 3.8) is 0 Å². The fourth-order valence-electron chi connectivity index (χ4n) is 2.36. The molecule has 6 heteroatoms. The highest BCUT2D eigenvalue weighted by Crippen LogP contribution is 2.27. The van der Waals surface area contributed by atoms with Gasteiger partial charge < -0.3 is 15.2 Å². The number of hydrogen-bond acceptors (Lipinski definition) is 4. The van der Waals surface area contributed by atoms with E-state index in [1.807, 2.05) is 26.8 Å². The van der Waals surface area contributed by atoms with Crippen molar-refractivity contribution in [2.45, 2.75) is 45.2 Å². The third-order valence-electron chi connectivity index (χ3n) is 3.32. The molecule has 22 heavy (non-hydrogen) atoms. The van der Waals surface area contributed by atoms with Crippen molar-refractivity contribution in [1.29, 1.82) is 0 Å². The SMILES string of the molecule is C=C(CC(C)/C=C(\C)CO)OC1=C(C(C)C)C(Cl)NC(Cl)N1. The highest BCUT2D eigenvalue weighted by molar-refractivity contribution is 6.24. The van der Waals surface area contributed by atoms with Gasteiger partial charge in [-0.3, -0.25) is 5.32 Å². The average molecular weight is 349 g/mol. The topological polar surface area (TPSA) is 53.5 Å². The highest BCUT2D eigenvalue weighted by atomic mass is 35.5. The maximum atomic E-state index is 9.06. The van der Waals surface area contributed by atoms with Crippen molar-refractivity contribution in [2.24, 2.45) is 11.8 Å². The van der Waals surface area contributed by atoms with Crippen LogP contribution in [0.1, 0.15) is 34.1 Å². The van der Waals surface area contributed by atoms with Crippen LogP contribution in [0.15, 0.2) is 35.4 Å². The third kappa shape index (κ3) is 5.84. The zero-order valence-corrected chi connectivity index (χ0v) is 15.1. The Morgan fingerprint density at radius 1 is 1.41 bits per heavy atom. The lowest BCUT2D eigenvalue weighted by molar-refractivity contribution is 0.228. The lowest BCUT2D eigenvalue weighted by atomic mass is 10.0. The van der Waals surface area contributed by atoms with E-state index in [1.54, 1.807) is 0 Å². The summed E-state index contributed by atoms with van der Waals surface area (Å²) >= 11 is 12.4. The molecule has 1 heterocycles. The summed E-state index contributed by atoms with van der Waals surface area (Å²) in [5.41, 5.74) is 1.00. The van der Waals surface area contributed by atoms with Crippen molar-refractivity contribution in [3.05, 3.63) is 35.4 Å². The molecule has 0 bridgehead atoms. The summed E-state index contributed by atoms with van der Waals surface area (Å²) < 4.78 is 5.87. The fraction of sp³-hybridized carbons (Fsp3) is 0.625. The molecule has 0 aromatic heterocycles. The minimum atomic E-state index is -0.484. The van der Waals surface area contributed by atoms with Gasteiger partial charge in [0.15, 0.2) is 11.5 Å². The van der Waals surface area contributed by atoms with E-state index in [4.69, 9.17) is 33.0 Å². The zero-order valence-electron chi connectivity index (χ0n) is 13.6.